The largest absolute Gasteiger partial charge is 0.371 e. The second kappa shape index (κ2) is 7.44. The molecule has 3 nitrogen and oxygen atoms in total. The van der Waals surface area contributed by atoms with E-state index in [2.05, 4.69) is 83.1 Å². The van der Waals surface area contributed by atoms with Gasteiger partial charge < -0.3 is 9.80 Å². The molecule has 1 spiro atoms. The molecule has 3 rings (SSSR count). The molecule has 2 saturated heterocycles. The van der Waals surface area contributed by atoms with Gasteiger partial charge in [-0.05, 0) is 66.0 Å². The van der Waals surface area contributed by atoms with Gasteiger partial charge in [-0.25, -0.2) is 0 Å². The van der Waals surface area contributed by atoms with Crippen LogP contribution in [-0.4, -0.2) is 42.2 Å². The van der Waals surface area contributed by atoms with Crippen molar-refractivity contribution in [2.75, 3.05) is 31.1 Å². The molecule has 2 aliphatic rings. The van der Waals surface area contributed by atoms with Gasteiger partial charge >= 0.3 is 0 Å². The van der Waals surface area contributed by atoms with Crippen LogP contribution >= 0.6 is 35.2 Å². The molecule has 0 saturated carbocycles. The normalized spacial score (nSPS) is 25.0. The van der Waals surface area contributed by atoms with Crippen molar-refractivity contribution >= 4 is 46.8 Å². The molecule has 2 fully saturated rings. The standard InChI is InChI=1S/C19H27IN2OS/c1-14(2)10-17(24)18(23)22-9-7-19(13-22)6-8-21(12-19)16-5-3-4-15(20)11-16/h3-5,11,14,17,24H,6-10,12-13H2,1-2H3. The first kappa shape index (κ1) is 18.4. The SMILES string of the molecule is CC(C)CC(S)C(=O)N1CCC2(CCN(c3cccc(I)c3)C2)C1. The van der Waals surface area contributed by atoms with E-state index in [-0.39, 0.29) is 16.6 Å². The van der Waals surface area contributed by atoms with Crippen molar-refractivity contribution in [1.29, 1.82) is 0 Å². The summed E-state index contributed by atoms with van der Waals surface area (Å²) in [6, 6.07) is 8.71. The van der Waals surface area contributed by atoms with Gasteiger partial charge in [0.2, 0.25) is 5.91 Å². The van der Waals surface area contributed by atoms with E-state index in [9.17, 15) is 4.79 Å². The van der Waals surface area contributed by atoms with Crippen molar-refractivity contribution in [2.24, 2.45) is 11.3 Å². The van der Waals surface area contributed by atoms with Gasteiger partial charge in [0.05, 0.1) is 5.25 Å². The summed E-state index contributed by atoms with van der Waals surface area (Å²) in [4.78, 5) is 17.2. The van der Waals surface area contributed by atoms with Crippen LogP contribution in [0.15, 0.2) is 24.3 Å². The summed E-state index contributed by atoms with van der Waals surface area (Å²) in [6.45, 7) is 8.27. The maximum Gasteiger partial charge on any atom is 0.235 e. The van der Waals surface area contributed by atoms with Gasteiger partial charge in [-0.15, -0.1) is 0 Å². The summed E-state index contributed by atoms with van der Waals surface area (Å²) in [5, 5.41) is -0.145. The first-order valence-electron chi connectivity index (χ1n) is 8.86. The van der Waals surface area contributed by atoms with Crippen molar-refractivity contribution in [1.82, 2.24) is 4.90 Å². The number of nitrogens with zero attached hydrogens (tertiary/aromatic N) is 2. The van der Waals surface area contributed by atoms with Gasteiger partial charge in [0.1, 0.15) is 0 Å². The zero-order valence-corrected chi connectivity index (χ0v) is 17.6. The fourth-order valence-corrected chi connectivity index (χ4v) is 5.15. The second-order valence-corrected chi connectivity index (χ2v) is 9.68. The lowest BCUT2D eigenvalue weighted by Crippen LogP contribution is -2.38. The van der Waals surface area contributed by atoms with Crippen LogP contribution < -0.4 is 4.90 Å². The number of halogens is 1. The maximum absolute atomic E-state index is 12.7. The molecule has 24 heavy (non-hydrogen) atoms. The van der Waals surface area contributed by atoms with Gasteiger partial charge in [-0.1, -0.05) is 19.9 Å². The van der Waals surface area contributed by atoms with E-state index in [4.69, 9.17) is 0 Å². The highest BCUT2D eigenvalue weighted by molar-refractivity contribution is 14.1. The zero-order chi connectivity index (χ0) is 17.3. The summed E-state index contributed by atoms with van der Waals surface area (Å²) < 4.78 is 1.28. The Kier molecular flexibility index (Phi) is 5.69. The molecule has 1 amide bonds. The molecular formula is C19H27IN2OS. The van der Waals surface area contributed by atoms with E-state index < -0.39 is 0 Å². The number of hydrogen-bond acceptors (Lipinski definition) is 3. The van der Waals surface area contributed by atoms with Crippen LogP contribution in [0.3, 0.4) is 0 Å². The number of carbonyl (C=O) groups excluding carboxylic acids is 1. The highest BCUT2D eigenvalue weighted by Gasteiger charge is 2.45. The van der Waals surface area contributed by atoms with Crippen LogP contribution in [0, 0.1) is 14.9 Å². The minimum atomic E-state index is -0.145. The first-order chi connectivity index (χ1) is 11.4. The Morgan fingerprint density at radius 2 is 2.04 bits per heavy atom. The summed E-state index contributed by atoms with van der Waals surface area (Å²) in [6.07, 6.45) is 3.17. The summed E-state index contributed by atoms with van der Waals surface area (Å²) in [5.74, 6) is 0.743. The zero-order valence-electron chi connectivity index (χ0n) is 14.5. The molecule has 0 radical (unpaired) electrons. The molecule has 0 aliphatic carbocycles. The number of hydrogen-bond donors (Lipinski definition) is 1. The highest BCUT2D eigenvalue weighted by atomic mass is 127. The van der Waals surface area contributed by atoms with E-state index in [0.717, 1.165) is 39.0 Å². The Labute approximate surface area is 164 Å². The third-order valence-corrected chi connectivity index (χ3v) is 6.44. The van der Waals surface area contributed by atoms with Crippen molar-refractivity contribution in [3.63, 3.8) is 0 Å². The van der Waals surface area contributed by atoms with Crippen molar-refractivity contribution < 1.29 is 4.79 Å². The van der Waals surface area contributed by atoms with E-state index in [1.165, 1.54) is 15.7 Å². The predicted octanol–water partition coefficient (Wildman–Crippen LogP) is 4.06. The Balaban J connectivity index is 1.62. The number of benzene rings is 1. The molecule has 1 aromatic rings. The molecule has 2 aliphatic heterocycles. The average molecular weight is 458 g/mol. The minimum absolute atomic E-state index is 0.145. The monoisotopic (exact) mass is 458 g/mol. The van der Waals surface area contributed by atoms with E-state index in [0.29, 0.717) is 5.92 Å². The fraction of sp³-hybridized carbons (Fsp3) is 0.632. The molecule has 0 bridgehead atoms. The molecule has 132 valence electrons. The van der Waals surface area contributed by atoms with E-state index >= 15 is 0 Å². The van der Waals surface area contributed by atoms with Gasteiger partial charge in [0.25, 0.3) is 0 Å². The smallest absolute Gasteiger partial charge is 0.235 e. The van der Waals surface area contributed by atoms with Crippen LogP contribution in [0.5, 0.6) is 0 Å². The fourth-order valence-electron chi connectivity index (χ4n) is 4.04. The molecule has 2 unspecified atom stereocenters. The lowest BCUT2D eigenvalue weighted by Gasteiger charge is -2.27. The molecule has 2 heterocycles. The molecule has 0 N–H and O–H groups in total. The van der Waals surface area contributed by atoms with Gasteiger partial charge in [0, 0.05) is 40.9 Å². The second-order valence-electron chi connectivity index (χ2n) is 7.81. The molecule has 2 atom stereocenters. The van der Waals surface area contributed by atoms with E-state index in [1.54, 1.807) is 0 Å². The lowest BCUT2D eigenvalue weighted by atomic mass is 9.86. The number of carbonyl (C=O) groups is 1. The van der Waals surface area contributed by atoms with Crippen LogP contribution in [0.2, 0.25) is 0 Å². The van der Waals surface area contributed by atoms with Crippen LogP contribution in [0.4, 0.5) is 5.69 Å². The van der Waals surface area contributed by atoms with Gasteiger partial charge in [-0.3, -0.25) is 4.79 Å². The topological polar surface area (TPSA) is 23.6 Å². The highest BCUT2D eigenvalue weighted by Crippen LogP contribution is 2.41. The van der Waals surface area contributed by atoms with Crippen LogP contribution in [0.25, 0.3) is 0 Å². The number of anilines is 1. The number of amides is 1. The minimum Gasteiger partial charge on any atom is -0.371 e. The average Bonchev–Trinajstić information content (AvgIpc) is 3.14. The Morgan fingerprint density at radius 3 is 2.75 bits per heavy atom. The van der Waals surface area contributed by atoms with Crippen molar-refractivity contribution in [3.05, 3.63) is 27.8 Å². The summed E-state index contributed by atoms with van der Waals surface area (Å²) >= 11 is 6.93. The third kappa shape index (κ3) is 4.03. The predicted molar refractivity (Wildman–Crippen MR) is 112 cm³/mol. The Hall–Kier alpha value is -0.430. The third-order valence-electron chi connectivity index (χ3n) is 5.34. The summed E-state index contributed by atoms with van der Waals surface area (Å²) in [5.41, 5.74) is 1.60. The van der Waals surface area contributed by atoms with Crippen LogP contribution in [-0.2, 0) is 4.79 Å². The lowest BCUT2D eigenvalue weighted by molar-refractivity contribution is -0.130. The van der Waals surface area contributed by atoms with E-state index in [1.807, 2.05) is 0 Å². The molecule has 1 aromatic carbocycles. The Bertz CT molecular complexity index is 609. The summed E-state index contributed by atoms with van der Waals surface area (Å²) in [7, 11) is 0. The first-order valence-corrected chi connectivity index (χ1v) is 10.5. The quantitative estimate of drug-likeness (QED) is 0.544. The van der Waals surface area contributed by atoms with Gasteiger partial charge in [0.15, 0.2) is 0 Å². The van der Waals surface area contributed by atoms with Crippen molar-refractivity contribution in [2.45, 2.75) is 38.4 Å². The molecule has 0 aromatic heterocycles. The number of thiol groups is 1. The molecular weight excluding hydrogens is 431 g/mol. The van der Waals surface area contributed by atoms with Gasteiger partial charge in [-0.2, -0.15) is 12.6 Å². The van der Waals surface area contributed by atoms with Crippen molar-refractivity contribution in [3.8, 4) is 0 Å². The molecule has 5 heteroatoms. The van der Waals surface area contributed by atoms with Crippen LogP contribution in [0.1, 0.15) is 33.1 Å². The maximum atomic E-state index is 12.7. The number of rotatable bonds is 4. The number of likely N-dealkylation sites (tertiary alicyclic amines) is 1. The Morgan fingerprint density at radius 1 is 1.29 bits per heavy atom.